The molecule has 4 fully saturated rings. The van der Waals surface area contributed by atoms with E-state index in [-0.39, 0.29) is 22.5 Å². The molecule has 4 bridgehead atoms. The summed E-state index contributed by atoms with van der Waals surface area (Å²) in [5, 5.41) is 10.1. The molecule has 0 radical (unpaired) electrons. The van der Waals surface area contributed by atoms with E-state index in [1.165, 1.54) is 44.6 Å². The summed E-state index contributed by atoms with van der Waals surface area (Å²) in [6, 6.07) is 9.60. The number of benzene rings is 2. The van der Waals surface area contributed by atoms with E-state index in [2.05, 4.69) is 4.74 Å². The highest BCUT2D eigenvalue weighted by molar-refractivity contribution is 5.94. The lowest BCUT2D eigenvalue weighted by molar-refractivity contribution is -0.00618. The third-order valence-corrected chi connectivity index (χ3v) is 7.63. The first-order chi connectivity index (χ1) is 15.4. The second-order valence-electron chi connectivity index (χ2n) is 9.67. The molecule has 0 heterocycles. The smallest absolute Gasteiger partial charge is 0.343 e. The maximum absolute atomic E-state index is 12.9. The molecule has 6 rings (SSSR count). The predicted octanol–water partition coefficient (Wildman–Crippen LogP) is 4.87. The van der Waals surface area contributed by atoms with Crippen LogP contribution in [0.1, 0.15) is 64.8 Å². The maximum atomic E-state index is 12.9. The van der Waals surface area contributed by atoms with E-state index in [4.69, 9.17) is 9.47 Å². The van der Waals surface area contributed by atoms with Crippen molar-refractivity contribution in [1.82, 2.24) is 0 Å². The Labute approximate surface area is 187 Å². The van der Waals surface area contributed by atoms with Gasteiger partial charge in [0.25, 0.3) is 0 Å². The van der Waals surface area contributed by atoms with E-state index < -0.39 is 11.9 Å². The zero-order valence-electron chi connectivity index (χ0n) is 18.4. The van der Waals surface area contributed by atoms with Gasteiger partial charge in [-0.15, -0.1) is 0 Å². The fourth-order valence-electron chi connectivity index (χ4n) is 6.71. The third kappa shape index (κ3) is 3.51. The van der Waals surface area contributed by atoms with Crippen molar-refractivity contribution < 1.29 is 28.9 Å². The second-order valence-corrected chi connectivity index (χ2v) is 9.67. The maximum Gasteiger partial charge on any atom is 0.343 e. The number of methoxy groups -OCH3 is 2. The van der Waals surface area contributed by atoms with E-state index in [1.807, 2.05) is 12.1 Å². The molecule has 0 unspecified atom stereocenters. The first kappa shape index (κ1) is 20.9. The van der Waals surface area contributed by atoms with Crippen LogP contribution >= 0.6 is 0 Å². The quantitative estimate of drug-likeness (QED) is 0.532. The molecule has 6 nitrogen and oxygen atoms in total. The monoisotopic (exact) mass is 436 g/mol. The molecule has 2 aromatic carbocycles. The Morgan fingerprint density at radius 1 is 0.906 bits per heavy atom. The molecule has 2 aromatic rings. The van der Waals surface area contributed by atoms with Crippen LogP contribution in [0.25, 0.3) is 0 Å². The molecular formula is C26H28O6. The summed E-state index contributed by atoms with van der Waals surface area (Å²) in [5.74, 6) is 1.86. The van der Waals surface area contributed by atoms with Gasteiger partial charge >= 0.3 is 11.9 Å². The lowest BCUT2D eigenvalue weighted by Crippen LogP contribution is -2.48. The topological polar surface area (TPSA) is 82.1 Å². The van der Waals surface area contributed by atoms with Gasteiger partial charge in [-0.25, -0.2) is 9.59 Å². The molecule has 168 valence electrons. The fourth-order valence-corrected chi connectivity index (χ4v) is 6.71. The summed E-state index contributed by atoms with van der Waals surface area (Å²) in [6.07, 6.45) is 7.52. The average Bonchev–Trinajstić information content (AvgIpc) is 2.77. The number of hydrogen-bond acceptors (Lipinski definition) is 6. The van der Waals surface area contributed by atoms with Crippen molar-refractivity contribution in [2.24, 2.45) is 17.8 Å². The molecule has 4 aliphatic rings. The van der Waals surface area contributed by atoms with Crippen molar-refractivity contribution in [2.75, 3.05) is 14.2 Å². The highest BCUT2D eigenvalue weighted by atomic mass is 16.5. The zero-order chi connectivity index (χ0) is 22.5. The van der Waals surface area contributed by atoms with Crippen molar-refractivity contribution >= 4 is 11.9 Å². The van der Waals surface area contributed by atoms with Gasteiger partial charge in [0.1, 0.15) is 22.8 Å². The highest BCUT2D eigenvalue weighted by Gasteiger charge is 2.52. The van der Waals surface area contributed by atoms with Gasteiger partial charge < -0.3 is 19.3 Å². The zero-order valence-corrected chi connectivity index (χ0v) is 18.4. The van der Waals surface area contributed by atoms with Gasteiger partial charge in [-0.3, -0.25) is 0 Å². The van der Waals surface area contributed by atoms with Crippen molar-refractivity contribution in [3.63, 3.8) is 0 Å². The average molecular weight is 437 g/mol. The third-order valence-electron chi connectivity index (χ3n) is 7.63. The Morgan fingerprint density at radius 2 is 1.56 bits per heavy atom. The number of aromatic hydroxyl groups is 1. The Balaban J connectivity index is 1.42. The fraction of sp³-hybridized carbons (Fsp3) is 0.462. The lowest BCUT2D eigenvalue weighted by Gasteiger charge is -2.57. The minimum Gasteiger partial charge on any atom is -0.507 e. The van der Waals surface area contributed by atoms with E-state index >= 15 is 0 Å². The number of phenolic OH excluding ortho intramolecular Hbond substituents is 1. The van der Waals surface area contributed by atoms with Crippen LogP contribution in [0.4, 0.5) is 0 Å². The molecule has 1 N–H and O–H groups in total. The first-order valence-corrected chi connectivity index (χ1v) is 11.2. The molecule has 4 aliphatic carbocycles. The Bertz CT molecular complexity index is 1040. The van der Waals surface area contributed by atoms with E-state index in [9.17, 15) is 14.7 Å². The van der Waals surface area contributed by atoms with Gasteiger partial charge in [-0.2, -0.15) is 0 Å². The van der Waals surface area contributed by atoms with Crippen LogP contribution in [-0.2, 0) is 10.2 Å². The largest absolute Gasteiger partial charge is 0.507 e. The van der Waals surface area contributed by atoms with Crippen molar-refractivity contribution in [3.8, 4) is 17.2 Å². The van der Waals surface area contributed by atoms with Crippen molar-refractivity contribution in [3.05, 3.63) is 53.1 Å². The molecule has 4 saturated carbocycles. The molecule has 0 saturated heterocycles. The number of phenols is 1. The summed E-state index contributed by atoms with van der Waals surface area (Å²) < 4.78 is 15.9. The van der Waals surface area contributed by atoms with Gasteiger partial charge in [-0.05, 0) is 92.0 Å². The SMILES string of the molecule is COC(=O)c1ccc(OC(=O)c2ccc(OC)c(C34CC5CC(CC(C5)C3)C4)c2)cc1O. The predicted molar refractivity (Wildman–Crippen MR) is 117 cm³/mol. The van der Waals surface area contributed by atoms with Crippen molar-refractivity contribution in [2.45, 2.75) is 43.9 Å². The number of rotatable bonds is 5. The van der Waals surface area contributed by atoms with Crippen LogP contribution in [0, 0.1) is 17.8 Å². The summed E-state index contributed by atoms with van der Waals surface area (Å²) >= 11 is 0. The summed E-state index contributed by atoms with van der Waals surface area (Å²) in [7, 11) is 2.92. The van der Waals surface area contributed by atoms with Crippen molar-refractivity contribution in [1.29, 1.82) is 0 Å². The minimum absolute atomic E-state index is 0.0147. The molecule has 0 spiro atoms. The lowest BCUT2D eigenvalue weighted by atomic mass is 9.48. The Morgan fingerprint density at radius 3 is 2.12 bits per heavy atom. The van der Waals surface area contributed by atoms with Gasteiger partial charge in [-0.1, -0.05) is 0 Å². The van der Waals surface area contributed by atoms with Gasteiger partial charge in [0, 0.05) is 11.6 Å². The first-order valence-electron chi connectivity index (χ1n) is 11.2. The number of ether oxygens (including phenoxy) is 3. The minimum atomic E-state index is -0.657. The van der Waals surface area contributed by atoms with E-state index in [1.54, 1.807) is 13.2 Å². The van der Waals surface area contributed by atoms with Crippen LogP contribution in [-0.4, -0.2) is 31.3 Å². The van der Waals surface area contributed by atoms with E-state index in [0.29, 0.717) is 5.56 Å². The number of carbonyl (C=O) groups is 2. The van der Waals surface area contributed by atoms with E-state index in [0.717, 1.165) is 48.3 Å². The molecule has 0 amide bonds. The molecule has 32 heavy (non-hydrogen) atoms. The standard InChI is InChI=1S/C26H28O6/c1-30-23-6-3-18(24(28)32-19-4-5-20(22(27)11-19)25(29)31-2)10-21(23)26-12-15-7-16(13-26)9-17(8-15)14-26/h3-6,10-11,15-17,27H,7-9,12-14H2,1-2H3. The van der Waals surface area contributed by atoms with Gasteiger partial charge in [0.05, 0.1) is 19.8 Å². The summed E-state index contributed by atoms with van der Waals surface area (Å²) in [4.78, 5) is 24.6. The number of esters is 2. The second kappa shape index (κ2) is 7.84. The number of carbonyl (C=O) groups excluding carboxylic acids is 2. The Hall–Kier alpha value is -3.02. The van der Waals surface area contributed by atoms with Gasteiger partial charge in [0.2, 0.25) is 0 Å². The van der Waals surface area contributed by atoms with Crippen LogP contribution in [0.3, 0.4) is 0 Å². The summed E-state index contributed by atoms with van der Waals surface area (Å²) in [5.41, 5.74) is 1.67. The molecule has 6 heteroatoms. The van der Waals surface area contributed by atoms with Gasteiger partial charge in [0.15, 0.2) is 0 Å². The molecule has 0 aliphatic heterocycles. The van der Waals surface area contributed by atoms with Crippen LogP contribution in [0.5, 0.6) is 17.2 Å². The molecule has 0 aromatic heterocycles. The van der Waals surface area contributed by atoms with Crippen LogP contribution in [0.15, 0.2) is 36.4 Å². The summed E-state index contributed by atoms with van der Waals surface area (Å²) in [6.45, 7) is 0. The Kier molecular flexibility index (Phi) is 5.11. The molecular weight excluding hydrogens is 408 g/mol. The molecule has 0 atom stereocenters. The highest BCUT2D eigenvalue weighted by Crippen LogP contribution is 2.61. The normalized spacial score (nSPS) is 27.8. The van der Waals surface area contributed by atoms with Crippen LogP contribution < -0.4 is 9.47 Å². The van der Waals surface area contributed by atoms with Crippen LogP contribution in [0.2, 0.25) is 0 Å². The number of hydrogen-bond donors (Lipinski definition) is 1.